The average Bonchev–Trinajstić information content (AvgIpc) is 2.48. The molecule has 15 heavy (non-hydrogen) atoms. The molecule has 2 heterocycles. The Morgan fingerprint density at radius 1 is 0.733 bits per heavy atom. The maximum Gasteiger partial charge on any atom is 0.332 e. The normalized spacial score (nSPS) is 21.6. The Balaban J connectivity index is 0.000000151. The molecule has 6 nitrogen and oxygen atoms in total. The van der Waals surface area contributed by atoms with Crippen molar-refractivity contribution < 1.29 is 28.5 Å². The number of carbonyl (C=O) groups excluding carboxylic acids is 2. The lowest BCUT2D eigenvalue weighted by Crippen LogP contribution is -2.22. The van der Waals surface area contributed by atoms with Crippen molar-refractivity contribution in [1.29, 1.82) is 0 Å². The van der Waals surface area contributed by atoms with Gasteiger partial charge in [0, 0.05) is 6.42 Å². The van der Waals surface area contributed by atoms with Crippen molar-refractivity contribution >= 4 is 11.9 Å². The number of esters is 2. The molecule has 2 rings (SSSR count). The molecule has 0 amide bonds. The maximum atomic E-state index is 10.3. The molecular weight excluding hydrogens is 204 g/mol. The van der Waals surface area contributed by atoms with E-state index in [1.165, 1.54) is 0 Å². The van der Waals surface area contributed by atoms with Gasteiger partial charge in [-0.15, -0.1) is 0 Å². The molecule has 2 fully saturated rings. The van der Waals surface area contributed by atoms with E-state index in [9.17, 15) is 9.59 Å². The zero-order valence-corrected chi connectivity index (χ0v) is 8.40. The molecule has 0 radical (unpaired) electrons. The number of hydrogen-bond acceptors (Lipinski definition) is 6. The highest BCUT2D eigenvalue weighted by Gasteiger charge is 2.07. The first-order valence-electron chi connectivity index (χ1n) is 4.76. The van der Waals surface area contributed by atoms with Crippen LogP contribution in [0, 0.1) is 0 Å². The van der Waals surface area contributed by atoms with Crippen LogP contribution in [0.25, 0.3) is 0 Å². The summed E-state index contributed by atoms with van der Waals surface area (Å²) in [6, 6.07) is 0. The fourth-order valence-electron chi connectivity index (χ4n) is 0.956. The Labute approximate surface area is 87.4 Å². The number of hydrogen-bond donors (Lipinski definition) is 0. The van der Waals surface area contributed by atoms with Crippen molar-refractivity contribution in [2.75, 3.05) is 39.6 Å². The van der Waals surface area contributed by atoms with E-state index < -0.39 is 0 Å². The van der Waals surface area contributed by atoms with E-state index >= 15 is 0 Å². The molecule has 86 valence electrons. The molecule has 0 N–H and O–H groups in total. The van der Waals surface area contributed by atoms with Crippen LogP contribution in [0.2, 0.25) is 0 Å². The largest absolute Gasteiger partial charge is 0.464 e. The summed E-state index contributed by atoms with van der Waals surface area (Å²) in [4.78, 5) is 20.5. The first-order valence-corrected chi connectivity index (χ1v) is 4.76. The second-order valence-electron chi connectivity index (χ2n) is 2.90. The Kier molecular flexibility index (Phi) is 5.72. The van der Waals surface area contributed by atoms with Crippen molar-refractivity contribution in [1.82, 2.24) is 0 Å². The Morgan fingerprint density at radius 2 is 1.33 bits per heavy atom. The van der Waals surface area contributed by atoms with Crippen molar-refractivity contribution in [3.63, 3.8) is 0 Å². The van der Waals surface area contributed by atoms with E-state index in [-0.39, 0.29) is 25.2 Å². The second-order valence-corrected chi connectivity index (χ2v) is 2.90. The van der Waals surface area contributed by atoms with E-state index in [0.717, 1.165) is 6.42 Å². The van der Waals surface area contributed by atoms with Crippen molar-refractivity contribution in [2.24, 2.45) is 0 Å². The standard InChI is InChI=1S/C5H8O3.C4H6O3/c6-5-4-7-2-1-3-8-5;5-4-3-6-1-2-7-4/h1-4H2;1-3H2. The van der Waals surface area contributed by atoms with Crippen LogP contribution >= 0.6 is 0 Å². The van der Waals surface area contributed by atoms with Gasteiger partial charge < -0.3 is 18.9 Å². The summed E-state index contributed by atoms with van der Waals surface area (Å²) in [5, 5.41) is 0. The van der Waals surface area contributed by atoms with E-state index in [0.29, 0.717) is 26.4 Å². The molecule has 2 saturated heterocycles. The molecule has 0 aliphatic carbocycles. The summed E-state index contributed by atoms with van der Waals surface area (Å²) < 4.78 is 18.7. The summed E-state index contributed by atoms with van der Waals surface area (Å²) >= 11 is 0. The van der Waals surface area contributed by atoms with Gasteiger partial charge in [0.05, 0.1) is 19.8 Å². The third-order valence-corrected chi connectivity index (χ3v) is 1.63. The lowest BCUT2D eigenvalue weighted by atomic mass is 10.5. The van der Waals surface area contributed by atoms with Gasteiger partial charge in [-0.25, -0.2) is 9.59 Å². The molecule has 0 unspecified atom stereocenters. The van der Waals surface area contributed by atoms with E-state index in [1.807, 2.05) is 0 Å². The van der Waals surface area contributed by atoms with Gasteiger partial charge in [-0.3, -0.25) is 0 Å². The summed E-state index contributed by atoms with van der Waals surface area (Å²) in [6.07, 6.45) is 0.825. The molecule has 0 aromatic rings. The number of ether oxygens (including phenoxy) is 4. The fraction of sp³-hybridized carbons (Fsp3) is 0.778. The summed E-state index contributed by atoms with van der Waals surface area (Å²) in [5.74, 6) is -0.506. The summed E-state index contributed by atoms with van der Waals surface area (Å²) in [6.45, 7) is 2.37. The molecule has 0 atom stereocenters. The van der Waals surface area contributed by atoms with Crippen LogP contribution in [0.5, 0.6) is 0 Å². The Morgan fingerprint density at radius 3 is 1.87 bits per heavy atom. The predicted molar refractivity (Wildman–Crippen MR) is 48.2 cm³/mol. The first-order chi connectivity index (χ1) is 7.29. The number of carbonyl (C=O) groups is 2. The SMILES string of the molecule is O=C1COCCCO1.O=C1COCCO1. The van der Waals surface area contributed by atoms with Crippen LogP contribution in [0.1, 0.15) is 6.42 Å². The lowest BCUT2D eigenvalue weighted by Gasteiger charge is -2.09. The van der Waals surface area contributed by atoms with Gasteiger partial charge in [0.25, 0.3) is 0 Å². The van der Waals surface area contributed by atoms with Crippen LogP contribution in [0.3, 0.4) is 0 Å². The zero-order valence-electron chi connectivity index (χ0n) is 8.40. The molecule has 2 aliphatic rings. The number of cyclic esters (lactones) is 2. The average molecular weight is 218 g/mol. The Bertz CT molecular complexity index is 197. The lowest BCUT2D eigenvalue weighted by molar-refractivity contribution is -0.159. The third-order valence-electron chi connectivity index (χ3n) is 1.63. The highest BCUT2D eigenvalue weighted by atomic mass is 16.6. The van der Waals surface area contributed by atoms with Crippen LogP contribution in [-0.2, 0) is 28.5 Å². The minimum atomic E-state index is -0.258. The fourth-order valence-corrected chi connectivity index (χ4v) is 0.956. The van der Waals surface area contributed by atoms with Gasteiger partial charge in [0.1, 0.15) is 19.8 Å². The highest BCUT2D eigenvalue weighted by molar-refractivity contribution is 5.71. The number of rotatable bonds is 0. The molecule has 0 aromatic heterocycles. The molecule has 0 spiro atoms. The van der Waals surface area contributed by atoms with E-state index in [4.69, 9.17) is 9.47 Å². The van der Waals surface area contributed by atoms with E-state index in [2.05, 4.69) is 9.47 Å². The smallest absolute Gasteiger partial charge is 0.332 e. The molecule has 0 saturated carbocycles. The van der Waals surface area contributed by atoms with Crippen LogP contribution < -0.4 is 0 Å². The van der Waals surface area contributed by atoms with Gasteiger partial charge in [0.15, 0.2) is 0 Å². The minimum Gasteiger partial charge on any atom is -0.464 e. The van der Waals surface area contributed by atoms with Crippen LogP contribution in [0.4, 0.5) is 0 Å². The van der Waals surface area contributed by atoms with Gasteiger partial charge in [0.2, 0.25) is 0 Å². The molecule has 2 aliphatic heterocycles. The second kappa shape index (κ2) is 7.19. The minimum absolute atomic E-state index is 0.125. The first kappa shape index (κ1) is 11.9. The summed E-state index contributed by atoms with van der Waals surface area (Å²) in [7, 11) is 0. The van der Waals surface area contributed by atoms with Crippen molar-refractivity contribution in [3.8, 4) is 0 Å². The third kappa shape index (κ3) is 6.03. The molecule has 6 heteroatoms. The van der Waals surface area contributed by atoms with Gasteiger partial charge >= 0.3 is 11.9 Å². The van der Waals surface area contributed by atoms with Crippen molar-refractivity contribution in [3.05, 3.63) is 0 Å². The van der Waals surface area contributed by atoms with Crippen LogP contribution in [0.15, 0.2) is 0 Å². The summed E-state index contributed by atoms with van der Waals surface area (Å²) in [5.41, 5.74) is 0. The zero-order chi connectivity index (χ0) is 10.9. The molecule has 0 aromatic carbocycles. The van der Waals surface area contributed by atoms with Gasteiger partial charge in [-0.2, -0.15) is 0 Å². The van der Waals surface area contributed by atoms with Crippen LogP contribution in [-0.4, -0.2) is 51.6 Å². The maximum absolute atomic E-state index is 10.3. The monoisotopic (exact) mass is 218 g/mol. The molecular formula is C9H14O6. The Hall–Kier alpha value is -1.14. The van der Waals surface area contributed by atoms with Gasteiger partial charge in [-0.1, -0.05) is 0 Å². The van der Waals surface area contributed by atoms with Crippen molar-refractivity contribution in [2.45, 2.75) is 6.42 Å². The van der Waals surface area contributed by atoms with Gasteiger partial charge in [-0.05, 0) is 0 Å². The quantitative estimate of drug-likeness (QED) is 0.511. The highest BCUT2D eigenvalue weighted by Crippen LogP contribution is 1.92. The van der Waals surface area contributed by atoms with E-state index in [1.54, 1.807) is 0 Å². The molecule has 0 bridgehead atoms. The predicted octanol–water partition coefficient (Wildman–Crippen LogP) is -0.490. The topological polar surface area (TPSA) is 71.1 Å².